The van der Waals surface area contributed by atoms with Gasteiger partial charge in [0.05, 0.1) is 25.4 Å². The van der Waals surface area contributed by atoms with Crippen LogP contribution in [-0.2, 0) is 73.5 Å². The van der Waals surface area contributed by atoms with Crippen LogP contribution in [-0.4, -0.2) is 186 Å². The number of primary amides is 1. The summed E-state index contributed by atoms with van der Waals surface area (Å²) in [7, 11) is 0. The van der Waals surface area contributed by atoms with E-state index in [9.17, 15) is 82.4 Å². The van der Waals surface area contributed by atoms with Crippen LogP contribution in [0.3, 0.4) is 0 Å². The maximum atomic E-state index is 13.7. The Morgan fingerprint density at radius 2 is 1.03 bits per heavy atom. The number of carboxylic acids is 4. The number of aliphatic hydroxyl groups excluding tert-OH is 1. The highest BCUT2D eigenvalue weighted by molar-refractivity contribution is 5.99. The molecule has 76 heavy (non-hydrogen) atoms. The van der Waals surface area contributed by atoms with Crippen molar-refractivity contribution < 1.29 is 92.7 Å². The summed E-state index contributed by atoms with van der Waals surface area (Å²) in [5.74, 6) is -17.5. The zero-order valence-electron chi connectivity index (χ0n) is 42.3. The highest BCUT2D eigenvalue weighted by Crippen LogP contribution is 2.11. The number of H-pyrrole nitrogens is 1. The first-order valence-corrected chi connectivity index (χ1v) is 23.7. The minimum atomic E-state index is -1.99. The molecular weight excluding hydrogens is 1010 g/mol. The summed E-state index contributed by atoms with van der Waals surface area (Å²) in [4.78, 5) is 184. The van der Waals surface area contributed by atoms with E-state index in [1.807, 2.05) is 0 Å². The third-order valence-electron chi connectivity index (χ3n) is 10.8. The van der Waals surface area contributed by atoms with Crippen LogP contribution in [0.4, 0.5) is 0 Å². The Morgan fingerprint density at radius 3 is 1.53 bits per heavy atom. The van der Waals surface area contributed by atoms with Gasteiger partial charge < -0.3 is 89.8 Å². The Morgan fingerprint density at radius 1 is 0.539 bits per heavy atom. The Labute approximate surface area is 434 Å². The molecule has 9 atom stereocenters. The number of carbonyl (C=O) groups excluding carboxylic acids is 10. The minimum Gasteiger partial charge on any atom is -0.481 e. The molecule has 1 aromatic heterocycles. The SMILES string of the molecule is CC(C)C[C@H](NC(=O)[C@@H](N)CCC(=O)O)C(=O)N[C@H](C(=O)N[C@@H](CC(=O)O)C(=O)N[C@@H](CCC(=O)O)C(=O)N[C@@H](C)C(=O)N[C@@H](CO)C(=O)N[C@@H](CCC(N)=O)C(=O)N[C@@H](Cc1cnc[nH]1)C(=O)NCC(=O)O)C(C)C. The second kappa shape index (κ2) is 32.8. The summed E-state index contributed by atoms with van der Waals surface area (Å²) in [6.07, 6.45) is -1.93. The minimum absolute atomic E-state index is 0.0243. The zero-order valence-corrected chi connectivity index (χ0v) is 42.3. The van der Waals surface area contributed by atoms with Crippen LogP contribution in [0.15, 0.2) is 12.5 Å². The molecule has 0 aromatic carbocycles. The van der Waals surface area contributed by atoms with E-state index in [-0.39, 0.29) is 25.2 Å². The number of aromatic nitrogens is 2. The molecule has 0 fully saturated rings. The first-order chi connectivity index (χ1) is 35.4. The van der Waals surface area contributed by atoms with Crippen LogP contribution in [0.2, 0.25) is 0 Å². The fraction of sp³-hybridized carbons (Fsp3) is 0.614. The number of aromatic amines is 1. The quantitative estimate of drug-likeness (QED) is 0.0297. The van der Waals surface area contributed by atoms with Crippen molar-refractivity contribution in [3.05, 3.63) is 18.2 Å². The maximum absolute atomic E-state index is 13.7. The van der Waals surface area contributed by atoms with Crippen molar-refractivity contribution in [3.8, 4) is 0 Å². The fourth-order valence-corrected chi connectivity index (χ4v) is 6.72. The van der Waals surface area contributed by atoms with E-state index in [2.05, 4.69) is 57.8 Å². The van der Waals surface area contributed by atoms with E-state index in [1.54, 1.807) is 13.8 Å². The van der Waals surface area contributed by atoms with Gasteiger partial charge >= 0.3 is 23.9 Å². The van der Waals surface area contributed by atoms with Crippen molar-refractivity contribution in [2.75, 3.05) is 13.2 Å². The highest BCUT2D eigenvalue weighted by Gasteiger charge is 2.36. The van der Waals surface area contributed by atoms with Gasteiger partial charge in [0.25, 0.3) is 0 Å². The van der Waals surface area contributed by atoms with Gasteiger partial charge in [0.2, 0.25) is 59.1 Å². The summed E-state index contributed by atoms with van der Waals surface area (Å²) in [5, 5.41) is 67.3. The molecule has 0 aliphatic rings. The van der Waals surface area contributed by atoms with Crippen LogP contribution < -0.4 is 59.3 Å². The van der Waals surface area contributed by atoms with Crippen molar-refractivity contribution in [2.24, 2.45) is 23.3 Å². The number of aliphatic carboxylic acids is 4. The predicted octanol–water partition coefficient (Wildman–Crippen LogP) is -6.46. The van der Waals surface area contributed by atoms with Gasteiger partial charge in [-0.15, -0.1) is 0 Å². The molecule has 1 heterocycles. The van der Waals surface area contributed by atoms with Crippen LogP contribution in [0, 0.1) is 11.8 Å². The summed E-state index contributed by atoms with van der Waals surface area (Å²) in [6.45, 7) is 5.49. The van der Waals surface area contributed by atoms with Gasteiger partial charge in [0.15, 0.2) is 0 Å². The van der Waals surface area contributed by atoms with Crippen LogP contribution >= 0.6 is 0 Å². The van der Waals surface area contributed by atoms with Crippen molar-refractivity contribution in [3.63, 3.8) is 0 Å². The summed E-state index contributed by atoms with van der Waals surface area (Å²) in [6, 6.07) is -14.6. The van der Waals surface area contributed by atoms with Crippen LogP contribution in [0.5, 0.6) is 0 Å². The number of nitrogens with one attached hydrogen (secondary N) is 10. The molecule has 10 amide bonds. The average molecular weight is 1080 g/mol. The number of nitrogens with two attached hydrogens (primary N) is 2. The number of aliphatic hydroxyl groups is 1. The monoisotopic (exact) mass is 1080 g/mol. The number of hydrogen-bond donors (Lipinski definition) is 17. The molecule has 0 spiro atoms. The van der Waals surface area contributed by atoms with Crippen LogP contribution in [0.25, 0.3) is 0 Å². The topological polar surface area (TPSA) is 529 Å². The molecule has 0 aliphatic heterocycles. The lowest BCUT2D eigenvalue weighted by atomic mass is 9.99. The number of carbonyl (C=O) groups is 14. The zero-order chi connectivity index (χ0) is 58.0. The number of carboxylic acid groups (broad SMARTS) is 4. The normalized spacial score (nSPS) is 14.5. The first-order valence-electron chi connectivity index (χ1n) is 23.7. The molecule has 1 rings (SSSR count). The van der Waals surface area contributed by atoms with Crippen molar-refractivity contribution in [1.82, 2.24) is 57.8 Å². The predicted molar refractivity (Wildman–Crippen MR) is 258 cm³/mol. The lowest BCUT2D eigenvalue weighted by Crippen LogP contribution is -2.61. The number of amides is 10. The molecule has 32 nitrogen and oxygen atoms in total. The summed E-state index contributed by atoms with van der Waals surface area (Å²) < 4.78 is 0. The molecule has 0 saturated carbocycles. The Kier molecular flexibility index (Phi) is 28.4. The van der Waals surface area contributed by atoms with Crippen LogP contribution in [0.1, 0.15) is 91.7 Å². The Hall–Kier alpha value is -8.29. The van der Waals surface area contributed by atoms with Gasteiger partial charge in [0, 0.05) is 37.6 Å². The third-order valence-corrected chi connectivity index (χ3v) is 10.8. The molecule has 0 saturated heterocycles. The number of hydrogen-bond acceptors (Lipinski definition) is 17. The largest absolute Gasteiger partial charge is 0.481 e. The van der Waals surface area contributed by atoms with E-state index < -0.39 is 195 Å². The van der Waals surface area contributed by atoms with Gasteiger partial charge in [-0.25, -0.2) is 4.98 Å². The van der Waals surface area contributed by atoms with Gasteiger partial charge in [-0.1, -0.05) is 27.7 Å². The van der Waals surface area contributed by atoms with Crippen molar-refractivity contribution >= 4 is 82.9 Å². The lowest BCUT2D eigenvalue weighted by Gasteiger charge is -2.28. The van der Waals surface area contributed by atoms with Gasteiger partial charge in [-0.05, 0) is 44.4 Å². The smallest absolute Gasteiger partial charge is 0.322 e. The second-order valence-corrected chi connectivity index (χ2v) is 18.1. The van der Waals surface area contributed by atoms with Crippen molar-refractivity contribution in [2.45, 2.75) is 147 Å². The van der Waals surface area contributed by atoms with E-state index in [4.69, 9.17) is 21.7 Å². The van der Waals surface area contributed by atoms with E-state index in [1.165, 1.54) is 26.4 Å². The second-order valence-electron chi connectivity index (χ2n) is 18.1. The molecule has 0 bridgehead atoms. The van der Waals surface area contributed by atoms with Gasteiger partial charge in [-0.2, -0.15) is 0 Å². The molecule has 1 aromatic rings. The van der Waals surface area contributed by atoms with E-state index in [0.717, 1.165) is 6.92 Å². The fourth-order valence-electron chi connectivity index (χ4n) is 6.72. The molecule has 0 radical (unpaired) electrons. The molecule has 32 heteroatoms. The lowest BCUT2D eigenvalue weighted by molar-refractivity contribution is -0.142. The van der Waals surface area contributed by atoms with E-state index >= 15 is 0 Å². The molecule has 0 unspecified atom stereocenters. The number of imidazole rings is 1. The average Bonchev–Trinajstić information content (AvgIpc) is 3.84. The summed E-state index contributed by atoms with van der Waals surface area (Å²) in [5.41, 5.74) is 11.4. The van der Waals surface area contributed by atoms with Gasteiger partial charge in [-0.3, -0.25) is 67.1 Å². The molecule has 424 valence electrons. The van der Waals surface area contributed by atoms with Gasteiger partial charge in [0.1, 0.15) is 54.9 Å². The number of nitrogens with zero attached hydrogens (tertiary/aromatic N) is 1. The van der Waals surface area contributed by atoms with Crippen molar-refractivity contribution in [1.29, 1.82) is 0 Å². The van der Waals surface area contributed by atoms with E-state index in [0.29, 0.717) is 5.69 Å². The molecular formula is C44H69N13O19. The standard InChI is InChI=1S/C44H69N13O19/c1-19(2)12-26(53-37(69)23(45)6-10-31(60)61)42(74)57-35(20(3)4)44(76)55-28(14-33(64)65)41(73)51-25(8-11-32(62)63)39(71)50-21(5)36(68)56-29(17-58)43(75)52-24(7-9-30(46)59)40(72)54-27(13-22-15-47-18-49-22)38(70)48-16-34(66)67/h15,18-21,23-29,35,58H,6-14,16-17,45H2,1-5H3,(H2,46,59)(H,47,49)(H,48,70)(H,50,71)(H,51,73)(H,52,75)(H,53,69)(H,54,72)(H,55,76)(H,56,68)(H,57,74)(H,60,61)(H,62,63)(H,64,65)(H,66,67)/t21-,23-,24-,25-,26-,27-,28-,29-,35-/m0/s1. The highest BCUT2D eigenvalue weighted by atomic mass is 16.4. The third kappa shape index (κ3) is 25.1. The Balaban J connectivity index is 3.28. The Bertz CT molecular complexity index is 2240. The summed E-state index contributed by atoms with van der Waals surface area (Å²) >= 11 is 0. The first kappa shape index (κ1) is 65.7. The molecule has 19 N–H and O–H groups in total. The molecule has 0 aliphatic carbocycles. The maximum Gasteiger partial charge on any atom is 0.322 e. The number of rotatable bonds is 36.